The molecule has 0 aliphatic carbocycles. The Kier molecular flexibility index (Phi) is 2.41. The summed E-state index contributed by atoms with van der Waals surface area (Å²) in [5.74, 6) is -0.477. The van der Waals surface area contributed by atoms with Crippen LogP contribution in [-0.2, 0) is 14.3 Å². The van der Waals surface area contributed by atoms with Crippen molar-refractivity contribution in [3.8, 4) is 0 Å². The van der Waals surface area contributed by atoms with Crippen molar-refractivity contribution in [2.45, 2.75) is 25.4 Å². The molecule has 2 bridgehead atoms. The van der Waals surface area contributed by atoms with Crippen molar-refractivity contribution in [1.82, 2.24) is 10.2 Å². The van der Waals surface area contributed by atoms with Gasteiger partial charge in [-0.05, 0) is 6.42 Å². The Bertz CT molecular complexity index is 267. The van der Waals surface area contributed by atoms with E-state index in [1.807, 2.05) is 4.90 Å². The molecule has 1 N–H and O–H groups in total. The first-order chi connectivity index (χ1) is 6.66. The van der Waals surface area contributed by atoms with Crippen LogP contribution >= 0.6 is 0 Å². The van der Waals surface area contributed by atoms with E-state index in [4.69, 9.17) is 0 Å². The molecule has 0 aromatic carbocycles. The van der Waals surface area contributed by atoms with E-state index in [1.165, 1.54) is 6.92 Å². The van der Waals surface area contributed by atoms with Gasteiger partial charge in [-0.3, -0.25) is 9.59 Å². The third-order valence-electron chi connectivity index (χ3n) is 2.78. The van der Waals surface area contributed by atoms with Crippen LogP contribution < -0.4 is 5.32 Å². The smallest absolute Gasteiger partial charge is 0.303 e. The maximum absolute atomic E-state index is 11.6. The first-order valence-corrected chi connectivity index (χ1v) is 4.83. The molecule has 0 aromatic rings. The molecule has 2 saturated heterocycles. The first-order valence-electron chi connectivity index (χ1n) is 4.83. The van der Waals surface area contributed by atoms with Crippen LogP contribution in [0.4, 0.5) is 0 Å². The van der Waals surface area contributed by atoms with Crippen molar-refractivity contribution >= 4 is 11.9 Å². The lowest BCUT2D eigenvalue weighted by atomic mass is 10.2. The second kappa shape index (κ2) is 3.57. The predicted molar refractivity (Wildman–Crippen MR) is 48.5 cm³/mol. The number of nitrogens with one attached hydrogen (secondary N) is 1. The van der Waals surface area contributed by atoms with Crippen LogP contribution in [0.25, 0.3) is 0 Å². The van der Waals surface area contributed by atoms with Crippen LogP contribution in [-0.4, -0.2) is 48.6 Å². The summed E-state index contributed by atoms with van der Waals surface area (Å²) in [7, 11) is 0. The zero-order valence-corrected chi connectivity index (χ0v) is 8.16. The summed E-state index contributed by atoms with van der Waals surface area (Å²) in [6.07, 6.45) is 1.03. The van der Waals surface area contributed by atoms with Gasteiger partial charge >= 0.3 is 5.97 Å². The lowest BCUT2D eigenvalue weighted by molar-refractivity contribution is -0.150. The fraction of sp³-hybridized carbons (Fsp3) is 0.778. The van der Waals surface area contributed by atoms with Crippen molar-refractivity contribution in [1.29, 1.82) is 0 Å². The van der Waals surface area contributed by atoms with Crippen molar-refractivity contribution < 1.29 is 14.3 Å². The SMILES string of the molecule is CC(=O)OCC(=O)N1C[C@@H]2C[C@H]1CN2. The summed E-state index contributed by atoms with van der Waals surface area (Å²) in [6, 6.07) is 0.754. The highest BCUT2D eigenvalue weighted by atomic mass is 16.5. The van der Waals surface area contributed by atoms with Gasteiger partial charge in [0, 0.05) is 32.1 Å². The number of rotatable bonds is 2. The molecule has 0 saturated carbocycles. The molecule has 2 aliphatic rings. The number of carbonyl (C=O) groups excluding carboxylic acids is 2. The number of piperazine rings is 1. The monoisotopic (exact) mass is 198 g/mol. The molecule has 0 unspecified atom stereocenters. The molecule has 0 aromatic heterocycles. The molecule has 0 spiro atoms. The van der Waals surface area contributed by atoms with Crippen LogP contribution in [0.15, 0.2) is 0 Å². The molecule has 1 amide bonds. The van der Waals surface area contributed by atoms with Gasteiger partial charge in [0.25, 0.3) is 5.91 Å². The van der Waals surface area contributed by atoms with Gasteiger partial charge < -0.3 is 15.0 Å². The number of hydrogen-bond acceptors (Lipinski definition) is 4. The number of ether oxygens (including phenoxy) is 1. The standard InChI is InChI=1S/C9H14N2O3/c1-6(12)14-5-9(13)11-4-7-2-8(11)3-10-7/h7-8,10H,2-5H2,1H3/t7-,8-/m0/s1. The molecule has 78 valence electrons. The van der Waals surface area contributed by atoms with E-state index in [-0.39, 0.29) is 12.5 Å². The van der Waals surface area contributed by atoms with Gasteiger partial charge in [-0.2, -0.15) is 0 Å². The van der Waals surface area contributed by atoms with E-state index < -0.39 is 5.97 Å². The average molecular weight is 198 g/mol. The van der Waals surface area contributed by atoms with Gasteiger partial charge in [-0.25, -0.2) is 0 Å². The van der Waals surface area contributed by atoms with E-state index in [2.05, 4.69) is 10.1 Å². The summed E-state index contributed by atoms with van der Waals surface area (Å²) >= 11 is 0. The second-order valence-electron chi connectivity index (χ2n) is 3.82. The summed E-state index contributed by atoms with van der Waals surface area (Å²) in [5, 5.41) is 3.30. The fourth-order valence-electron chi connectivity index (χ4n) is 2.11. The van der Waals surface area contributed by atoms with Gasteiger partial charge in [0.2, 0.25) is 0 Å². The molecule has 5 heteroatoms. The Morgan fingerprint density at radius 2 is 2.36 bits per heavy atom. The number of fused-ring (bicyclic) bond motifs is 2. The molecular formula is C9H14N2O3. The quantitative estimate of drug-likeness (QED) is 0.585. The van der Waals surface area contributed by atoms with Gasteiger partial charge in [-0.1, -0.05) is 0 Å². The lowest BCUT2D eigenvalue weighted by Crippen LogP contribution is -2.47. The predicted octanol–water partition coefficient (Wildman–Crippen LogP) is -0.878. The number of esters is 1. The van der Waals surface area contributed by atoms with Gasteiger partial charge in [0.15, 0.2) is 6.61 Å². The second-order valence-corrected chi connectivity index (χ2v) is 3.82. The Hall–Kier alpha value is -1.10. The van der Waals surface area contributed by atoms with E-state index >= 15 is 0 Å². The number of nitrogens with zero attached hydrogens (tertiary/aromatic N) is 1. The highest BCUT2D eigenvalue weighted by Gasteiger charge is 2.39. The minimum atomic E-state index is -0.402. The number of hydrogen-bond donors (Lipinski definition) is 1. The van der Waals surface area contributed by atoms with Gasteiger partial charge in [0.05, 0.1) is 0 Å². The highest BCUT2D eigenvalue weighted by molar-refractivity contribution is 5.80. The zero-order valence-electron chi connectivity index (χ0n) is 8.16. The average Bonchev–Trinajstić information content (AvgIpc) is 2.74. The summed E-state index contributed by atoms with van der Waals surface area (Å²) in [5.41, 5.74) is 0. The van der Waals surface area contributed by atoms with E-state index in [0.717, 1.165) is 19.5 Å². The van der Waals surface area contributed by atoms with Crippen LogP contribution in [0.2, 0.25) is 0 Å². The number of carbonyl (C=O) groups is 2. The molecule has 2 fully saturated rings. The Balaban J connectivity index is 1.84. The lowest BCUT2D eigenvalue weighted by Gasteiger charge is -2.27. The molecule has 5 nitrogen and oxygen atoms in total. The molecule has 2 aliphatic heterocycles. The molecule has 2 heterocycles. The maximum Gasteiger partial charge on any atom is 0.303 e. The van der Waals surface area contributed by atoms with Crippen molar-refractivity contribution in [2.75, 3.05) is 19.7 Å². The van der Waals surface area contributed by atoms with Crippen LogP contribution in [0.5, 0.6) is 0 Å². The van der Waals surface area contributed by atoms with Crippen LogP contribution in [0, 0.1) is 0 Å². The number of likely N-dealkylation sites (tertiary alicyclic amines) is 1. The Morgan fingerprint density at radius 1 is 1.57 bits per heavy atom. The summed E-state index contributed by atoms with van der Waals surface area (Å²) < 4.78 is 4.67. The van der Waals surface area contributed by atoms with Crippen molar-refractivity contribution in [2.24, 2.45) is 0 Å². The van der Waals surface area contributed by atoms with Crippen LogP contribution in [0.3, 0.4) is 0 Å². The molecule has 14 heavy (non-hydrogen) atoms. The van der Waals surface area contributed by atoms with Gasteiger partial charge in [-0.15, -0.1) is 0 Å². The Labute approximate surface area is 82.4 Å². The third-order valence-corrected chi connectivity index (χ3v) is 2.78. The third kappa shape index (κ3) is 1.72. The van der Waals surface area contributed by atoms with Crippen molar-refractivity contribution in [3.05, 3.63) is 0 Å². The van der Waals surface area contributed by atoms with E-state index in [0.29, 0.717) is 12.1 Å². The Morgan fingerprint density at radius 3 is 2.86 bits per heavy atom. The topological polar surface area (TPSA) is 58.6 Å². The largest absolute Gasteiger partial charge is 0.456 e. The minimum Gasteiger partial charge on any atom is -0.456 e. The summed E-state index contributed by atoms with van der Waals surface area (Å²) in [6.45, 7) is 2.82. The summed E-state index contributed by atoms with van der Waals surface area (Å²) in [4.78, 5) is 23.9. The fourth-order valence-corrected chi connectivity index (χ4v) is 2.11. The normalized spacial score (nSPS) is 29.4. The molecule has 0 radical (unpaired) electrons. The molecule has 2 rings (SSSR count). The molecular weight excluding hydrogens is 184 g/mol. The van der Waals surface area contributed by atoms with Crippen LogP contribution in [0.1, 0.15) is 13.3 Å². The van der Waals surface area contributed by atoms with E-state index in [1.54, 1.807) is 0 Å². The maximum atomic E-state index is 11.6. The zero-order chi connectivity index (χ0) is 10.1. The first kappa shape index (κ1) is 9.45. The van der Waals surface area contributed by atoms with E-state index in [9.17, 15) is 9.59 Å². The minimum absolute atomic E-state index is 0.0748. The highest BCUT2D eigenvalue weighted by Crippen LogP contribution is 2.22. The molecule has 2 atom stereocenters. The number of amides is 1. The van der Waals surface area contributed by atoms with Gasteiger partial charge in [0.1, 0.15) is 0 Å². The van der Waals surface area contributed by atoms with Crippen molar-refractivity contribution in [3.63, 3.8) is 0 Å².